The van der Waals surface area contributed by atoms with Crippen molar-refractivity contribution in [2.45, 2.75) is 4.90 Å². The monoisotopic (exact) mass is 323 g/mol. The molecule has 22 heavy (non-hydrogen) atoms. The third kappa shape index (κ3) is 3.20. The van der Waals surface area contributed by atoms with E-state index in [1.807, 2.05) is 0 Å². The Morgan fingerprint density at radius 1 is 1.18 bits per heavy atom. The quantitative estimate of drug-likeness (QED) is 0.490. The van der Waals surface area contributed by atoms with E-state index in [4.69, 9.17) is 9.84 Å². The Bertz CT molecular complexity index is 807. The Labute approximate surface area is 125 Å². The Morgan fingerprint density at radius 3 is 2.32 bits per heavy atom. The SMILES string of the molecule is O=C(O)c1cc([N+](=O)[O-])c(Oc2ccccc2)c([SH](=O)=O)c1. The van der Waals surface area contributed by atoms with E-state index in [-0.39, 0.29) is 5.75 Å². The average molecular weight is 323 g/mol. The molecule has 0 aliphatic rings. The van der Waals surface area contributed by atoms with Crippen LogP contribution in [0.25, 0.3) is 0 Å². The highest BCUT2D eigenvalue weighted by atomic mass is 32.2. The Morgan fingerprint density at radius 2 is 1.82 bits per heavy atom. The maximum absolute atomic E-state index is 11.3. The number of nitro groups is 1. The molecule has 2 aromatic carbocycles. The van der Waals surface area contributed by atoms with E-state index in [9.17, 15) is 23.3 Å². The lowest BCUT2D eigenvalue weighted by atomic mass is 10.2. The third-order valence-electron chi connectivity index (χ3n) is 2.65. The summed E-state index contributed by atoms with van der Waals surface area (Å²) in [5, 5.41) is 20.0. The highest BCUT2D eigenvalue weighted by molar-refractivity contribution is 7.72. The van der Waals surface area contributed by atoms with E-state index < -0.39 is 43.5 Å². The number of rotatable bonds is 5. The van der Waals surface area contributed by atoms with Gasteiger partial charge in [-0.2, -0.15) is 0 Å². The van der Waals surface area contributed by atoms with Gasteiger partial charge in [-0.1, -0.05) is 18.2 Å². The molecule has 0 unspecified atom stereocenters. The lowest BCUT2D eigenvalue weighted by Crippen LogP contribution is -2.03. The van der Waals surface area contributed by atoms with E-state index in [1.165, 1.54) is 12.1 Å². The molecule has 0 amide bonds. The summed E-state index contributed by atoms with van der Waals surface area (Å²) in [4.78, 5) is 20.6. The van der Waals surface area contributed by atoms with Gasteiger partial charge in [0.25, 0.3) is 0 Å². The number of thiol groups is 1. The first-order valence-electron chi connectivity index (χ1n) is 5.83. The fourth-order valence-corrected chi connectivity index (χ4v) is 2.27. The predicted octanol–water partition coefficient (Wildman–Crippen LogP) is 2.06. The van der Waals surface area contributed by atoms with Gasteiger partial charge in [0.15, 0.2) is 10.7 Å². The summed E-state index contributed by atoms with van der Waals surface area (Å²) in [6, 6.07) is 9.42. The van der Waals surface area contributed by atoms with Crippen LogP contribution in [0.4, 0.5) is 5.69 Å². The first-order chi connectivity index (χ1) is 10.4. The highest BCUT2D eigenvalue weighted by Crippen LogP contribution is 2.37. The number of carboxylic acids is 1. The zero-order valence-corrected chi connectivity index (χ0v) is 11.7. The van der Waals surface area contributed by atoms with E-state index in [2.05, 4.69) is 0 Å². The van der Waals surface area contributed by atoms with Gasteiger partial charge in [0.1, 0.15) is 10.6 Å². The number of para-hydroxylation sites is 1. The molecular weight excluding hydrogens is 314 g/mol. The molecule has 0 aliphatic heterocycles. The maximum atomic E-state index is 11.3. The average Bonchev–Trinajstić information content (AvgIpc) is 2.47. The maximum Gasteiger partial charge on any atom is 0.335 e. The normalized spacial score (nSPS) is 10.4. The molecule has 2 aromatic rings. The topological polar surface area (TPSA) is 124 Å². The molecular formula is C13H9NO7S. The summed E-state index contributed by atoms with van der Waals surface area (Å²) < 4.78 is 27.9. The second-order valence-electron chi connectivity index (χ2n) is 4.08. The zero-order chi connectivity index (χ0) is 16.3. The molecule has 0 atom stereocenters. The second-order valence-corrected chi connectivity index (χ2v) is 5.07. The van der Waals surface area contributed by atoms with Crippen molar-refractivity contribution in [2.75, 3.05) is 0 Å². The van der Waals surface area contributed by atoms with Crippen LogP contribution < -0.4 is 4.74 Å². The Hall–Kier alpha value is -2.94. The number of hydrogen-bond donors (Lipinski definition) is 2. The minimum absolute atomic E-state index is 0.187. The lowest BCUT2D eigenvalue weighted by molar-refractivity contribution is -0.385. The lowest BCUT2D eigenvalue weighted by Gasteiger charge is -2.09. The van der Waals surface area contributed by atoms with Crippen LogP contribution in [0.2, 0.25) is 0 Å². The van der Waals surface area contributed by atoms with Gasteiger partial charge in [-0.15, -0.1) is 0 Å². The standard InChI is InChI=1S/C13H9NO7S/c15-13(16)8-6-10(14(17)18)12(11(7-8)22(19)20)21-9-4-2-1-3-5-9/h1-7,22H,(H,15,16). The summed E-state index contributed by atoms with van der Waals surface area (Å²) in [7, 11) is -3.29. The van der Waals surface area contributed by atoms with Gasteiger partial charge in [0, 0.05) is 6.07 Å². The molecule has 0 saturated carbocycles. The van der Waals surface area contributed by atoms with Crippen molar-refractivity contribution >= 4 is 22.4 Å². The van der Waals surface area contributed by atoms with Crippen molar-refractivity contribution in [2.24, 2.45) is 0 Å². The number of hydrogen-bond acceptors (Lipinski definition) is 6. The summed E-state index contributed by atoms with van der Waals surface area (Å²) in [6.07, 6.45) is 0. The molecule has 2 rings (SSSR count). The summed E-state index contributed by atoms with van der Waals surface area (Å²) in [5.74, 6) is -1.81. The van der Waals surface area contributed by atoms with Crippen LogP contribution in [0, 0.1) is 10.1 Å². The van der Waals surface area contributed by atoms with Gasteiger partial charge >= 0.3 is 11.7 Å². The number of benzene rings is 2. The largest absolute Gasteiger partial charge is 0.478 e. The number of aromatic carboxylic acids is 1. The summed E-state index contributed by atoms with van der Waals surface area (Å²) in [6.45, 7) is 0. The van der Waals surface area contributed by atoms with E-state index >= 15 is 0 Å². The fourth-order valence-electron chi connectivity index (χ4n) is 1.70. The molecule has 114 valence electrons. The molecule has 0 spiro atoms. The molecule has 0 aliphatic carbocycles. The van der Waals surface area contributed by atoms with Gasteiger partial charge in [-0.05, 0) is 18.2 Å². The summed E-state index contributed by atoms with van der Waals surface area (Å²) >= 11 is 0. The predicted molar refractivity (Wildman–Crippen MR) is 75.2 cm³/mol. The van der Waals surface area contributed by atoms with Gasteiger partial charge in [-0.25, -0.2) is 13.2 Å². The number of carboxylic acid groups (broad SMARTS) is 1. The molecule has 0 heterocycles. The van der Waals surface area contributed by atoms with Gasteiger partial charge in [0.2, 0.25) is 5.75 Å². The van der Waals surface area contributed by atoms with Crippen LogP contribution in [0.15, 0.2) is 47.4 Å². The Balaban J connectivity index is 2.68. The molecule has 0 saturated heterocycles. The smallest absolute Gasteiger partial charge is 0.335 e. The van der Waals surface area contributed by atoms with Crippen molar-refractivity contribution < 1.29 is 28.0 Å². The van der Waals surface area contributed by atoms with Crippen molar-refractivity contribution in [1.82, 2.24) is 0 Å². The van der Waals surface area contributed by atoms with Crippen molar-refractivity contribution in [3.05, 3.63) is 58.1 Å². The number of carbonyl (C=O) groups is 1. The van der Waals surface area contributed by atoms with Crippen LogP contribution in [0.5, 0.6) is 11.5 Å². The first-order valence-corrected chi connectivity index (χ1v) is 7.01. The molecule has 1 N–H and O–H groups in total. The van der Waals surface area contributed by atoms with E-state index in [1.54, 1.807) is 18.2 Å². The molecule has 8 nitrogen and oxygen atoms in total. The van der Waals surface area contributed by atoms with Crippen LogP contribution in [0.3, 0.4) is 0 Å². The number of nitrogens with zero attached hydrogens (tertiary/aromatic N) is 1. The van der Waals surface area contributed by atoms with Gasteiger partial charge in [-0.3, -0.25) is 10.1 Å². The van der Waals surface area contributed by atoms with Crippen LogP contribution in [-0.4, -0.2) is 24.4 Å². The molecule has 0 fully saturated rings. The van der Waals surface area contributed by atoms with E-state index in [0.717, 1.165) is 12.1 Å². The molecule has 0 bridgehead atoms. The van der Waals surface area contributed by atoms with Crippen molar-refractivity contribution in [3.63, 3.8) is 0 Å². The highest BCUT2D eigenvalue weighted by Gasteiger charge is 2.25. The number of nitro benzene ring substituents is 1. The molecule has 9 heteroatoms. The second kappa shape index (κ2) is 6.22. The van der Waals surface area contributed by atoms with Crippen molar-refractivity contribution in [1.29, 1.82) is 0 Å². The zero-order valence-electron chi connectivity index (χ0n) is 10.8. The summed E-state index contributed by atoms with van der Waals surface area (Å²) in [5.41, 5.74) is -1.25. The Kier molecular flexibility index (Phi) is 4.37. The minimum atomic E-state index is -3.29. The number of ether oxygens (including phenoxy) is 1. The minimum Gasteiger partial charge on any atom is -0.478 e. The van der Waals surface area contributed by atoms with Gasteiger partial charge < -0.3 is 9.84 Å². The third-order valence-corrected chi connectivity index (χ3v) is 3.38. The van der Waals surface area contributed by atoms with Crippen LogP contribution in [-0.2, 0) is 10.7 Å². The van der Waals surface area contributed by atoms with Crippen LogP contribution >= 0.6 is 0 Å². The first kappa shape index (κ1) is 15.4. The van der Waals surface area contributed by atoms with Crippen molar-refractivity contribution in [3.8, 4) is 11.5 Å². The van der Waals surface area contributed by atoms with Crippen LogP contribution in [0.1, 0.15) is 10.4 Å². The van der Waals surface area contributed by atoms with E-state index in [0.29, 0.717) is 0 Å². The molecule has 0 aromatic heterocycles. The molecule has 0 radical (unpaired) electrons. The fraction of sp³-hybridized carbons (Fsp3) is 0. The van der Waals surface area contributed by atoms with Gasteiger partial charge in [0.05, 0.1) is 10.5 Å².